The summed E-state index contributed by atoms with van der Waals surface area (Å²) in [6.45, 7) is 4.81. The minimum Gasteiger partial charge on any atom is -0.497 e. The summed E-state index contributed by atoms with van der Waals surface area (Å²) in [4.78, 5) is 0. The van der Waals surface area contributed by atoms with Crippen LogP contribution in [0.15, 0.2) is 28.7 Å². The molecule has 20 heavy (non-hydrogen) atoms. The second-order valence-electron chi connectivity index (χ2n) is 4.70. The summed E-state index contributed by atoms with van der Waals surface area (Å²) in [5, 5.41) is 14.9. The van der Waals surface area contributed by atoms with Gasteiger partial charge >= 0.3 is 0 Å². The minimum atomic E-state index is -0.596. The molecule has 2 aromatic rings. The first-order chi connectivity index (χ1) is 9.55. The molecule has 1 heterocycles. The highest BCUT2D eigenvalue weighted by Crippen LogP contribution is 2.29. The van der Waals surface area contributed by atoms with Gasteiger partial charge in [0, 0.05) is 23.1 Å². The fourth-order valence-electron chi connectivity index (χ4n) is 2.25. The number of hydrogen-bond donors (Lipinski definition) is 1. The third-order valence-electron chi connectivity index (χ3n) is 3.25. The Balaban J connectivity index is 2.25. The summed E-state index contributed by atoms with van der Waals surface area (Å²) in [5.74, 6) is 0.738. The number of benzene rings is 1. The third kappa shape index (κ3) is 3.22. The molecule has 0 bridgehead atoms. The predicted molar refractivity (Wildman–Crippen MR) is 82.0 cm³/mol. The Morgan fingerprint density at radius 1 is 1.40 bits per heavy atom. The lowest BCUT2D eigenvalue weighted by Gasteiger charge is -2.14. The van der Waals surface area contributed by atoms with Crippen LogP contribution < -0.4 is 4.74 Å². The number of nitrogens with zero attached hydrogens (tertiary/aromatic N) is 2. The van der Waals surface area contributed by atoms with E-state index in [2.05, 4.69) is 21.0 Å². The number of hydrogen-bond acceptors (Lipinski definition) is 3. The molecule has 0 aliphatic rings. The van der Waals surface area contributed by atoms with Gasteiger partial charge in [-0.05, 0) is 43.7 Å². The molecule has 2 rings (SSSR count). The van der Waals surface area contributed by atoms with E-state index in [4.69, 9.17) is 4.74 Å². The van der Waals surface area contributed by atoms with Gasteiger partial charge in [0.1, 0.15) is 5.75 Å². The van der Waals surface area contributed by atoms with Crippen molar-refractivity contribution in [2.45, 2.75) is 32.9 Å². The molecule has 1 atom stereocenters. The quantitative estimate of drug-likeness (QED) is 0.910. The highest BCUT2D eigenvalue weighted by molar-refractivity contribution is 9.10. The first kappa shape index (κ1) is 15.1. The molecule has 0 aliphatic carbocycles. The highest BCUT2D eigenvalue weighted by atomic mass is 79.9. The zero-order valence-corrected chi connectivity index (χ0v) is 13.5. The zero-order valence-electron chi connectivity index (χ0n) is 11.9. The molecule has 0 spiro atoms. The second kappa shape index (κ2) is 6.41. The van der Waals surface area contributed by atoms with Crippen molar-refractivity contribution in [2.75, 3.05) is 7.11 Å². The van der Waals surface area contributed by atoms with Crippen LogP contribution in [0.5, 0.6) is 5.75 Å². The molecule has 0 saturated carbocycles. The maximum atomic E-state index is 10.5. The topological polar surface area (TPSA) is 47.3 Å². The highest BCUT2D eigenvalue weighted by Gasteiger charge is 2.16. The SMILES string of the molecule is CCn1nc(C)cc1CC(O)c1cc(OC)ccc1Br. The molecule has 0 amide bonds. The average molecular weight is 339 g/mol. The van der Waals surface area contributed by atoms with Crippen LogP contribution in [0.25, 0.3) is 0 Å². The Morgan fingerprint density at radius 2 is 2.15 bits per heavy atom. The van der Waals surface area contributed by atoms with Crippen LogP contribution in [0.1, 0.15) is 30.0 Å². The molecule has 1 N–H and O–H groups in total. The molecule has 0 fully saturated rings. The van der Waals surface area contributed by atoms with E-state index >= 15 is 0 Å². The van der Waals surface area contributed by atoms with E-state index in [1.807, 2.05) is 42.8 Å². The molecule has 1 aromatic heterocycles. The Hall–Kier alpha value is -1.33. The Bertz CT molecular complexity index is 596. The molecule has 0 saturated heterocycles. The van der Waals surface area contributed by atoms with Gasteiger partial charge in [-0.25, -0.2) is 0 Å². The third-order valence-corrected chi connectivity index (χ3v) is 3.97. The van der Waals surface area contributed by atoms with Crippen LogP contribution in [0.2, 0.25) is 0 Å². The summed E-state index contributed by atoms with van der Waals surface area (Å²) in [6.07, 6.45) is -0.0682. The number of rotatable bonds is 5. The number of aliphatic hydroxyl groups excluding tert-OH is 1. The molecular weight excluding hydrogens is 320 g/mol. The monoisotopic (exact) mass is 338 g/mol. The van der Waals surface area contributed by atoms with Crippen LogP contribution in [0.4, 0.5) is 0 Å². The smallest absolute Gasteiger partial charge is 0.119 e. The van der Waals surface area contributed by atoms with E-state index in [1.54, 1.807) is 7.11 Å². The predicted octanol–water partition coefficient (Wildman–Crippen LogP) is 3.26. The molecule has 0 aliphatic heterocycles. The van der Waals surface area contributed by atoms with Crippen molar-refractivity contribution >= 4 is 15.9 Å². The van der Waals surface area contributed by atoms with Crippen LogP contribution in [0, 0.1) is 6.92 Å². The Morgan fingerprint density at radius 3 is 2.80 bits per heavy atom. The van der Waals surface area contributed by atoms with Crippen molar-refractivity contribution in [1.29, 1.82) is 0 Å². The fraction of sp³-hybridized carbons (Fsp3) is 0.400. The van der Waals surface area contributed by atoms with Gasteiger partial charge in [0.15, 0.2) is 0 Å². The summed E-state index contributed by atoms with van der Waals surface area (Å²) in [5.41, 5.74) is 2.83. The first-order valence-electron chi connectivity index (χ1n) is 6.60. The van der Waals surface area contributed by atoms with E-state index < -0.39 is 6.10 Å². The van der Waals surface area contributed by atoms with Gasteiger partial charge in [0.2, 0.25) is 0 Å². The standard InChI is InChI=1S/C15H19BrN2O2/c1-4-18-11(7-10(2)17-18)8-15(19)13-9-12(20-3)5-6-14(13)16/h5-7,9,15,19H,4,8H2,1-3H3. The average Bonchev–Trinajstić information content (AvgIpc) is 2.79. The van der Waals surface area contributed by atoms with E-state index in [9.17, 15) is 5.11 Å². The van der Waals surface area contributed by atoms with Crippen LogP contribution in [0.3, 0.4) is 0 Å². The van der Waals surface area contributed by atoms with Gasteiger partial charge in [-0.2, -0.15) is 5.10 Å². The van der Waals surface area contributed by atoms with E-state index in [1.165, 1.54) is 0 Å². The summed E-state index contributed by atoms with van der Waals surface area (Å²) in [7, 11) is 1.62. The van der Waals surface area contributed by atoms with E-state index in [0.29, 0.717) is 6.42 Å². The second-order valence-corrected chi connectivity index (χ2v) is 5.55. The van der Waals surface area contributed by atoms with Crippen LogP contribution in [-0.2, 0) is 13.0 Å². The summed E-state index contributed by atoms with van der Waals surface area (Å²) in [6, 6.07) is 7.62. The molecule has 1 unspecified atom stereocenters. The molecule has 1 aromatic carbocycles. The van der Waals surface area contributed by atoms with Gasteiger partial charge in [0.05, 0.1) is 18.9 Å². The number of aliphatic hydroxyl groups is 1. The maximum Gasteiger partial charge on any atom is 0.119 e. The number of halogens is 1. The Labute approximate surface area is 127 Å². The number of ether oxygens (including phenoxy) is 1. The van der Waals surface area contributed by atoms with Gasteiger partial charge in [-0.1, -0.05) is 15.9 Å². The first-order valence-corrected chi connectivity index (χ1v) is 7.39. The van der Waals surface area contributed by atoms with Crippen LogP contribution >= 0.6 is 15.9 Å². The van der Waals surface area contributed by atoms with E-state index in [-0.39, 0.29) is 0 Å². The Kier molecular flexibility index (Phi) is 4.83. The molecule has 0 radical (unpaired) electrons. The van der Waals surface area contributed by atoms with Crippen molar-refractivity contribution in [2.24, 2.45) is 0 Å². The van der Waals surface area contributed by atoms with Gasteiger partial charge in [0.25, 0.3) is 0 Å². The van der Waals surface area contributed by atoms with Gasteiger partial charge in [-0.3, -0.25) is 4.68 Å². The lowest BCUT2D eigenvalue weighted by Crippen LogP contribution is -2.09. The lowest BCUT2D eigenvalue weighted by molar-refractivity contribution is 0.174. The molecule has 4 nitrogen and oxygen atoms in total. The van der Waals surface area contributed by atoms with Gasteiger partial charge in [-0.15, -0.1) is 0 Å². The molecule has 108 valence electrons. The van der Waals surface area contributed by atoms with Crippen molar-refractivity contribution in [3.8, 4) is 5.75 Å². The summed E-state index contributed by atoms with van der Waals surface area (Å²) >= 11 is 3.48. The lowest BCUT2D eigenvalue weighted by atomic mass is 10.0. The van der Waals surface area contributed by atoms with Gasteiger partial charge < -0.3 is 9.84 Å². The number of methoxy groups -OCH3 is 1. The number of aryl methyl sites for hydroxylation is 2. The van der Waals surface area contributed by atoms with Crippen molar-refractivity contribution in [3.05, 3.63) is 45.7 Å². The normalized spacial score (nSPS) is 12.4. The van der Waals surface area contributed by atoms with Crippen LogP contribution in [-0.4, -0.2) is 22.0 Å². The maximum absolute atomic E-state index is 10.5. The summed E-state index contributed by atoms with van der Waals surface area (Å²) < 4.78 is 8.01. The van der Waals surface area contributed by atoms with Crippen molar-refractivity contribution in [3.63, 3.8) is 0 Å². The molecular formula is C15H19BrN2O2. The zero-order chi connectivity index (χ0) is 14.7. The van der Waals surface area contributed by atoms with E-state index in [0.717, 1.165) is 33.7 Å². The molecule has 5 heteroatoms. The number of aromatic nitrogens is 2. The minimum absolute atomic E-state index is 0.528. The fourth-order valence-corrected chi connectivity index (χ4v) is 2.76. The van der Waals surface area contributed by atoms with Crippen molar-refractivity contribution < 1.29 is 9.84 Å². The van der Waals surface area contributed by atoms with Crippen molar-refractivity contribution in [1.82, 2.24) is 9.78 Å². The largest absolute Gasteiger partial charge is 0.497 e.